The minimum absolute atomic E-state index is 0.0271. The molecule has 0 saturated carbocycles. The summed E-state index contributed by atoms with van der Waals surface area (Å²) in [4.78, 5) is 41.2. The summed E-state index contributed by atoms with van der Waals surface area (Å²) in [6.07, 6.45) is 2.97. The lowest BCUT2D eigenvalue weighted by molar-refractivity contribution is 0.00900. The molecular weight excluding hydrogens is 522 g/mol. The van der Waals surface area contributed by atoms with Crippen LogP contribution in [-0.2, 0) is 18.3 Å². The topological polar surface area (TPSA) is 134 Å². The Morgan fingerprint density at radius 3 is 2.49 bits per heavy atom. The van der Waals surface area contributed by atoms with E-state index in [4.69, 9.17) is 25.8 Å². The van der Waals surface area contributed by atoms with Gasteiger partial charge in [-0.05, 0) is 13.0 Å². The minimum atomic E-state index is -1.58. The summed E-state index contributed by atoms with van der Waals surface area (Å²) in [5.41, 5.74) is -0.713. The molecule has 0 saturated heterocycles. The molecule has 3 aromatic heterocycles. The number of aliphatic hydroxyl groups is 1. The molecule has 0 spiro atoms. The first-order valence-electron chi connectivity index (χ1n) is 12.4. The molecule has 200 valence electrons. The Morgan fingerprint density at radius 2 is 1.87 bits per heavy atom. The Kier molecular flexibility index (Phi) is 7.72. The molecule has 0 fully saturated rings. The van der Waals surface area contributed by atoms with E-state index in [1.807, 2.05) is 35.0 Å². The molecule has 1 N–H and O–H groups in total. The van der Waals surface area contributed by atoms with Crippen LogP contribution < -0.4 is 19.9 Å². The second kappa shape index (κ2) is 10.4. The van der Waals surface area contributed by atoms with Crippen molar-refractivity contribution in [1.29, 1.82) is 0 Å². The van der Waals surface area contributed by atoms with Crippen LogP contribution in [0.15, 0.2) is 23.3 Å². The highest BCUT2D eigenvalue weighted by atomic mass is 35.5. The van der Waals surface area contributed by atoms with Gasteiger partial charge in [-0.25, -0.2) is 9.97 Å². The van der Waals surface area contributed by atoms with E-state index in [0.29, 0.717) is 28.7 Å². The third-order valence-corrected chi connectivity index (χ3v) is 5.96. The van der Waals surface area contributed by atoms with Gasteiger partial charge < -0.3 is 28.5 Å². The summed E-state index contributed by atoms with van der Waals surface area (Å²) >= 11 is 6.19. The van der Waals surface area contributed by atoms with Gasteiger partial charge in [0.2, 0.25) is 5.88 Å². The fourth-order valence-corrected chi connectivity index (χ4v) is 4.55. The average Bonchev–Trinajstić information content (AvgIpc) is 3.31. The van der Waals surface area contributed by atoms with Crippen molar-refractivity contribution in [1.82, 2.24) is 24.1 Å². The standard InChI is InChI=1S/C21H28B5ClN6O6/c1-9(8-37-3)33-13-7-32(12-4-10(27)6-31(2)17(12)34)18(35)14(13)29-15(33)11-5-28-19(39-20(22,23)24)30-16(11)38-21(25,26)36/h4-6,9,36H,7-8,22-26H2,1-3H3. The SMILES string of the molecule is BC(B)(B)Oc1ncc(-c2nc3c(n2C(C)COC)CN(c2cc(Cl)cn(C)c2=O)C3=O)c(OC(B)(B)O)n1. The molecule has 3 aromatic rings. The van der Waals surface area contributed by atoms with Crippen molar-refractivity contribution >= 4 is 62.4 Å². The van der Waals surface area contributed by atoms with E-state index in [9.17, 15) is 14.7 Å². The molecule has 4 rings (SSSR count). The summed E-state index contributed by atoms with van der Waals surface area (Å²) in [5.74, 6) is -0.0787. The number of aromatic nitrogens is 5. The number of fused-ring (bicyclic) bond motifs is 1. The molecule has 4 heterocycles. The van der Waals surface area contributed by atoms with E-state index < -0.39 is 16.8 Å². The van der Waals surface area contributed by atoms with Crippen LogP contribution in [0.5, 0.6) is 11.9 Å². The number of hydrogen-bond donors (Lipinski definition) is 1. The number of halogens is 1. The van der Waals surface area contributed by atoms with Crippen molar-refractivity contribution < 1.29 is 24.1 Å². The van der Waals surface area contributed by atoms with Crippen LogP contribution in [0, 0.1) is 0 Å². The number of aryl methyl sites for hydroxylation is 1. The number of amides is 1. The van der Waals surface area contributed by atoms with E-state index in [-0.39, 0.29) is 41.4 Å². The van der Waals surface area contributed by atoms with E-state index >= 15 is 0 Å². The summed E-state index contributed by atoms with van der Waals surface area (Å²) in [5, 5.41) is 10.2. The van der Waals surface area contributed by atoms with Crippen LogP contribution in [0.3, 0.4) is 0 Å². The van der Waals surface area contributed by atoms with Gasteiger partial charge in [-0.15, -0.1) is 0 Å². The molecule has 1 aliphatic heterocycles. The van der Waals surface area contributed by atoms with E-state index in [0.717, 1.165) is 0 Å². The van der Waals surface area contributed by atoms with Gasteiger partial charge in [0.15, 0.2) is 21.4 Å². The highest BCUT2D eigenvalue weighted by Crippen LogP contribution is 2.37. The normalized spacial score (nSPS) is 14.4. The van der Waals surface area contributed by atoms with Gasteiger partial charge >= 0.3 is 6.01 Å². The molecule has 0 aromatic carbocycles. The van der Waals surface area contributed by atoms with Gasteiger partial charge in [0, 0.05) is 31.9 Å². The van der Waals surface area contributed by atoms with Gasteiger partial charge in [-0.1, -0.05) is 11.6 Å². The number of nitrogens with zero attached hydrogens (tertiary/aromatic N) is 6. The molecule has 1 amide bonds. The predicted molar refractivity (Wildman–Crippen MR) is 159 cm³/mol. The monoisotopic (exact) mass is 550 g/mol. The third-order valence-electron chi connectivity index (χ3n) is 5.75. The highest BCUT2D eigenvalue weighted by Gasteiger charge is 2.39. The van der Waals surface area contributed by atoms with Crippen molar-refractivity contribution in [2.24, 2.45) is 7.05 Å². The zero-order chi connectivity index (χ0) is 28.9. The summed E-state index contributed by atoms with van der Waals surface area (Å²) in [6.45, 7) is 2.30. The number of methoxy groups -OCH3 is 1. The van der Waals surface area contributed by atoms with E-state index in [1.165, 1.54) is 43.6 Å². The van der Waals surface area contributed by atoms with Gasteiger partial charge in [0.05, 0.1) is 35.5 Å². The number of ether oxygens (including phenoxy) is 3. The van der Waals surface area contributed by atoms with E-state index in [2.05, 4.69) is 15.0 Å². The molecule has 0 aliphatic carbocycles. The first-order chi connectivity index (χ1) is 18.1. The molecular formula is C21H28B5ClN6O6. The number of carbonyl (C=O) groups is 1. The number of anilines is 1. The van der Waals surface area contributed by atoms with Crippen molar-refractivity contribution in [3.63, 3.8) is 0 Å². The minimum Gasteiger partial charge on any atom is -0.484 e. The van der Waals surface area contributed by atoms with Crippen LogP contribution >= 0.6 is 11.6 Å². The van der Waals surface area contributed by atoms with Gasteiger partial charge in [-0.3, -0.25) is 14.5 Å². The summed E-state index contributed by atoms with van der Waals surface area (Å²) in [7, 11) is 11.6. The molecule has 18 heteroatoms. The zero-order valence-corrected chi connectivity index (χ0v) is 24.0. The fraction of sp³-hybridized carbons (Fsp3) is 0.381. The maximum absolute atomic E-state index is 13.6. The molecule has 1 atom stereocenters. The van der Waals surface area contributed by atoms with Gasteiger partial charge in [0.1, 0.15) is 40.6 Å². The molecule has 1 aliphatic rings. The molecule has 0 radical (unpaired) electrons. The van der Waals surface area contributed by atoms with Crippen molar-refractivity contribution in [3.8, 4) is 23.3 Å². The molecule has 0 bridgehead atoms. The Bertz CT molecular complexity index is 1490. The predicted octanol–water partition coefficient (Wildman–Crippen LogP) is -3.80. The van der Waals surface area contributed by atoms with Crippen molar-refractivity contribution in [2.45, 2.75) is 30.4 Å². The van der Waals surface area contributed by atoms with E-state index in [1.54, 1.807) is 14.2 Å². The lowest BCUT2D eigenvalue weighted by atomic mass is 9.52. The van der Waals surface area contributed by atoms with Gasteiger partial charge in [0.25, 0.3) is 11.5 Å². The maximum Gasteiger partial charge on any atom is 0.318 e. The van der Waals surface area contributed by atoms with Crippen LogP contribution in [0.4, 0.5) is 5.69 Å². The quantitative estimate of drug-likeness (QED) is 0.211. The molecule has 1 unspecified atom stereocenters. The molecule has 39 heavy (non-hydrogen) atoms. The highest BCUT2D eigenvalue weighted by molar-refractivity contribution is 6.58. The number of hydrogen-bond acceptors (Lipinski definition) is 9. The second-order valence-corrected chi connectivity index (χ2v) is 11.3. The smallest absolute Gasteiger partial charge is 0.318 e. The Morgan fingerprint density at radius 1 is 1.18 bits per heavy atom. The number of carbonyl (C=O) groups excluding carboxylic acids is 1. The second-order valence-electron chi connectivity index (χ2n) is 10.9. The molecule has 12 nitrogen and oxygen atoms in total. The lowest BCUT2D eigenvalue weighted by Gasteiger charge is -2.25. The zero-order valence-electron chi connectivity index (χ0n) is 23.3. The van der Waals surface area contributed by atoms with Crippen LogP contribution in [0.1, 0.15) is 29.1 Å². The van der Waals surface area contributed by atoms with Crippen LogP contribution in [-0.4, -0.2) is 98.9 Å². The lowest BCUT2D eigenvalue weighted by Crippen LogP contribution is -2.39. The first-order valence-corrected chi connectivity index (χ1v) is 12.7. The Hall–Kier alpha value is -3.16. The van der Waals surface area contributed by atoms with Crippen molar-refractivity contribution in [3.05, 3.63) is 45.2 Å². The Balaban J connectivity index is 1.87. The fourth-order valence-electron chi connectivity index (χ4n) is 4.30. The summed E-state index contributed by atoms with van der Waals surface area (Å²) in [6, 6.07) is 1.24. The Labute approximate surface area is 235 Å². The average molecular weight is 550 g/mol. The third kappa shape index (κ3) is 6.05. The van der Waals surface area contributed by atoms with Crippen molar-refractivity contribution in [2.75, 3.05) is 18.6 Å². The largest absolute Gasteiger partial charge is 0.484 e. The number of pyridine rings is 1. The number of imidazole rings is 1. The van der Waals surface area contributed by atoms with Crippen LogP contribution in [0.25, 0.3) is 11.4 Å². The van der Waals surface area contributed by atoms with Crippen LogP contribution in [0.2, 0.25) is 5.02 Å². The first kappa shape index (κ1) is 28.8. The van der Waals surface area contributed by atoms with Gasteiger partial charge in [-0.2, -0.15) is 4.98 Å². The maximum atomic E-state index is 13.6. The summed E-state index contributed by atoms with van der Waals surface area (Å²) < 4.78 is 20.2. The number of rotatable bonds is 9.